The van der Waals surface area contributed by atoms with Crippen LogP contribution in [0.1, 0.15) is 24.8 Å². The summed E-state index contributed by atoms with van der Waals surface area (Å²) in [6.45, 7) is 3.74. The molecule has 2 aromatic carbocycles. The van der Waals surface area contributed by atoms with Gasteiger partial charge in [0.2, 0.25) is 15.4 Å². The number of aromatic amines is 1. The number of H-pyrrole nitrogens is 1. The van der Waals surface area contributed by atoms with Gasteiger partial charge in [-0.15, -0.1) is 0 Å². The number of benzene rings is 2. The van der Waals surface area contributed by atoms with Gasteiger partial charge in [-0.1, -0.05) is 29.8 Å². The third-order valence-corrected chi connectivity index (χ3v) is 6.85. The first-order valence-corrected chi connectivity index (χ1v) is 10.6. The minimum atomic E-state index is -3.60. The van der Waals surface area contributed by atoms with E-state index < -0.39 is 9.84 Å². The van der Waals surface area contributed by atoms with Crippen molar-refractivity contribution in [2.24, 2.45) is 0 Å². The number of piperidine rings is 1. The molecule has 26 heavy (non-hydrogen) atoms. The van der Waals surface area contributed by atoms with Gasteiger partial charge in [0.1, 0.15) is 0 Å². The number of hydrogen-bond donors (Lipinski definition) is 0. The zero-order chi connectivity index (χ0) is 18.1. The molecule has 1 aliphatic heterocycles. The standard InChI is InChI=1S/C21H22N2O2S/c1-16-9-11-17(12-10-16)26(24,25)20-15-22-19-8-4-3-7-18(19)21(20)23-13-5-2-6-14-23/h3-4,7-12,15H,2,5-6,13-14H2,1H3/p+1. The van der Waals surface area contributed by atoms with E-state index >= 15 is 0 Å². The molecule has 1 N–H and O–H groups in total. The van der Waals surface area contributed by atoms with Crippen LogP contribution in [0.4, 0.5) is 5.69 Å². The predicted octanol–water partition coefficient (Wildman–Crippen LogP) is 3.79. The molecule has 0 atom stereocenters. The summed E-state index contributed by atoms with van der Waals surface area (Å²) in [5, 5.41) is 0.961. The van der Waals surface area contributed by atoms with Crippen molar-refractivity contribution in [1.82, 2.24) is 0 Å². The third-order valence-electron chi connectivity index (χ3n) is 5.07. The minimum Gasteiger partial charge on any atom is -0.370 e. The topological polar surface area (TPSA) is 51.5 Å². The first kappa shape index (κ1) is 17.0. The molecular weight excluding hydrogens is 344 g/mol. The van der Waals surface area contributed by atoms with Crippen LogP contribution in [0.15, 0.2) is 64.5 Å². The summed E-state index contributed by atoms with van der Waals surface area (Å²) >= 11 is 0. The quantitative estimate of drug-likeness (QED) is 0.708. The van der Waals surface area contributed by atoms with Crippen LogP contribution in [0.3, 0.4) is 0 Å². The average Bonchev–Trinajstić information content (AvgIpc) is 2.68. The molecule has 5 heteroatoms. The lowest BCUT2D eigenvalue weighted by atomic mass is 10.1. The maximum Gasteiger partial charge on any atom is 0.214 e. The summed E-state index contributed by atoms with van der Waals surface area (Å²) in [7, 11) is -3.60. The van der Waals surface area contributed by atoms with Crippen LogP contribution >= 0.6 is 0 Å². The van der Waals surface area contributed by atoms with Crippen molar-refractivity contribution in [1.29, 1.82) is 0 Å². The molecule has 1 aromatic heterocycles. The van der Waals surface area contributed by atoms with Gasteiger partial charge in [-0.05, 0) is 44.4 Å². The number of aromatic nitrogens is 1. The second kappa shape index (κ2) is 6.72. The van der Waals surface area contributed by atoms with Gasteiger partial charge in [0.15, 0.2) is 11.1 Å². The minimum absolute atomic E-state index is 0.338. The number of pyridine rings is 1. The van der Waals surface area contributed by atoms with Crippen LogP contribution in [0.5, 0.6) is 0 Å². The summed E-state index contributed by atoms with van der Waals surface area (Å²) in [6, 6.07) is 15.0. The molecule has 0 aliphatic carbocycles. The molecule has 0 bridgehead atoms. The molecule has 0 spiro atoms. The Morgan fingerprint density at radius 1 is 0.923 bits per heavy atom. The van der Waals surface area contributed by atoms with Gasteiger partial charge in [0.25, 0.3) is 0 Å². The summed E-state index contributed by atoms with van der Waals surface area (Å²) < 4.78 is 26.8. The van der Waals surface area contributed by atoms with E-state index in [1.807, 2.05) is 43.3 Å². The first-order chi connectivity index (χ1) is 12.6. The number of nitrogens with zero attached hydrogens (tertiary/aromatic N) is 1. The van der Waals surface area contributed by atoms with Crippen molar-refractivity contribution in [2.45, 2.75) is 36.0 Å². The van der Waals surface area contributed by atoms with Crippen molar-refractivity contribution >= 4 is 26.4 Å². The summed E-state index contributed by atoms with van der Waals surface area (Å²) in [6.07, 6.45) is 5.04. The van der Waals surface area contributed by atoms with Crippen LogP contribution in [-0.4, -0.2) is 21.5 Å². The lowest BCUT2D eigenvalue weighted by molar-refractivity contribution is -0.347. The predicted molar refractivity (Wildman–Crippen MR) is 103 cm³/mol. The van der Waals surface area contributed by atoms with Crippen molar-refractivity contribution < 1.29 is 13.4 Å². The largest absolute Gasteiger partial charge is 0.370 e. The summed E-state index contributed by atoms with van der Waals surface area (Å²) in [5.41, 5.74) is 2.83. The second-order valence-electron chi connectivity index (χ2n) is 6.91. The van der Waals surface area contributed by atoms with Crippen LogP contribution in [0.2, 0.25) is 0 Å². The molecule has 1 saturated heterocycles. The summed E-state index contributed by atoms with van der Waals surface area (Å²) in [4.78, 5) is 6.12. The highest BCUT2D eigenvalue weighted by atomic mass is 32.2. The van der Waals surface area contributed by atoms with Crippen LogP contribution in [0.25, 0.3) is 10.9 Å². The Balaban J connectivity index is 1.95. The van der Waals surface area contributed by atoms with Gasteiger partial charge in [0.05, 0.1) is 16.0 Å². The average molecular weight is 367 g/mol. The number of aryl methyl sites for hydroxylation is 1. The Bertz CT molecular complexity index is 1040. The van der Waals surface area contributed by atoms with E-state index in [0.29, 0.717) is 9.79 Å². The molecule has 0 amide bonds. The van der Waals surface area contributed by atoms with E-state index in [9.17, 15) is 8.42 Å². The monoisotopic (exact) mass is 367 g/mol. The van der Waals surface area contributed by atoms with Crippen molar-refractivity contribution in [3.8, 4) is 0 Å². The number of fused-ring (bicyclic) bond motifs is 1. The lowest BCUT2D eigenvalue weighted by Crippen LogP contribution is -2.31. The van der Waals surface area contributed by atoms with Gasteiger partial charge in [-0.3, -0.25) is 0 Å². The normalized spacial score (nSPS) is 15.3. The van der Waals surface area contributed by atoms with Crippen LogP contribution in [0, 0.1) is 6.92 Å². The molecular formula is C21H23N2O2S+. The first-order valence-electron chi connectivity index (χ1n) is 9.07. The van der Waals surface area contributed by atoms with Crippen molar-refractivity contribution in [3.63, 3.8) is 0 Å². The number of nitrogens with one attached hydrogen (secondary N) is 1. The molecule has 0 radical (unpaired) electrons. The number of para-hydroxylation sites is 1. The number of rotatable bonds is 3. The Labute approximate surface area is 154 Å². The van der Waals surface area contributed by atoms with Crippen molar-refractivity contribution in [3.05, 3.63) is 60.3 Å². The molecule has 1 aliphatic rings. The van der Waals surface area contributed by atoms with Gasteiger partial charge < -0.3 is 4.90 Å². The molecule has 4 rings (SSSR count). The Morgan fingerprint density at radius 3 is 2.35 bits per heavy atom. The third kappa shape index (κ3) is 2.97. The number of sulfone groups is 1. The molecule has 0 saturated carbocycles. The van der Waals surface area contributed by atoms with E-state index in [2.05, 4.69) is 9.88 Å². The van der Waals surface area contributed by atoms with E-state index in [-0.39, 0.29) is 0 Å². The van der Waals surface area contributed by atoms with Gasteiger partial charge in [0, 0.05) is 19.2 Å². The fourth-order valence-electron chi connectivity index (χ4n) is 3.65. The van der Waals surface area contributed by atoms with E-state index in [1.165, 1.54) is 6.42 Å². The molecule has 1 fully saturated rings. The SMILES string of the molecule is Cc1ccc(S(=O)(=O)c2c[nH+]c3ccccc3c2N2CCCCC2)cc1. The maximum absolute atomic E-state index is 13.4. The Hall–Kier alpha value is -2.40. The van der Waals surface area contributed by atoms with E-state index in [1.54, 1.807) is 18.3 Å². The molecule has 2 heterocycles. The van der Waals surface area contributed by atoms with Crippen LogP contribution < -0.4 is 9.88 Å². The molecule has 134 valence electrons. The zero-order valence-corrected chi connectivity index (χ0v) is 15.7. The highest BCUT2D eigenvalue weighted by Crippen LogP contribution is 2.35. The van der Waals surface area contributed by atoms with Gasteiger partial charge >= 0.3 is 0 Å². The lowest BCUT2D eigenvalue weighted by Gasteiger charge is -2.30. The number of anilines is 1. The smallest absolute Gasteiger partial charge is 0.214 e. The van der Waals surface area contributed by atoms with E-state index in [4.69, 9.17) is 0 Å². The molecule has 0 unspecified atom stereocenters. The van der Waals surface area contributed by atoms with Gasteiger partial charge in [-0.2, -0.15) is 0 Å². The van der Waals surface area contributed by atoms with Gasteiger partial charge in [-0.25, -0.2) is 13.4 Å². The number of hydrogen-bond acceptors (Lipinski definition) is 3. The zero-order valence-electron chi connectivity index (χ0n) is 14.9. The van der Waals surface area contributed by atoms with Crippen molar-refractivity contribution in [2.75, 3.05) is 18.0 Å². The Morgan fingerprint density at radius 2 is 1.62 bits per heavy atom. The highest BCUT2D eigenvalue weighted by Gasteiger charge is 2.29. The fourth-order valence-corrected chi connectivity index (χ4v) is 5.11. The summed E-state index contributed by atoms with van der Waals surface area (Å²) in [5.74, 6) is 0. The second-order valence-corrected chi connectivity index (χ2v) is 8.83. The maximum atomic E-state index is 13.4. The van der Waals surface area contributed by atoms with Crippen LogP contribution in [-0.2, 0) is 9.84 Å². The Kier molecular flexibility index (Phi) is 4.41. The highest BCUT2D eigenvalue weighted by molar-refractivity contribution is 7.91. The fraction of sp³-hybridized carbons (Fsp3) is 0.286. The molecule has 3 aromatic rings. The van der Waals surface area contributed by atoms with E-state index in [0.717, 1.165) is 48.1 Å². The molecule has 4 nitrogen and oxygen atoms in total.